The molecule has 3 rings (SSSR count). The fourth-order valence-electron chi connectivity index (χ4n) is 2.44. The molecule has 130 valence electrons. The van der Waals surface area contributed by atoms with E-state index in [4.69, 9.17) is 12.2 Å². The van der Waals surface area contributed by atoms with Crippen LogP contribution < -0.4 is 10.2 Å². The predicted octanol–water partition coefficient (Wildman–Crippen LogP) is 3.19. The molecule has 2 aromatic rings. The zero-order chi connectivity index (χ0) is 18.8. The third kappa shape index (κ3) is 3.39. The lowest BCUT2D eigenvalue weighted by molar-refractivity contribution is -0.385. The number of rotatable bonds is 3. The topological polar surface area (TPSA) is 92.6 Å². The number of benzene rings is 2. The minimum absolute atomic E-state index is 0.0576. The number of carbonyl (C=O) groups excluding carboxylic acids is 2. The molecule has 1 aliphatic heterocycles. The van der Waals surface area contributed by atoms with E-state index in [1.165, 1.54) is 29.2 Å². The molecule has 0 saturated carbocycles. The van der Waals surface area contributed by atoms with Crippen molar-refractivity contribution in [1.29, 1.82) is 0 Å². The molecule has 2 aromatic carbocycles. The van der Waals surface area contributed by atoms with E-state index in [0.717, 1.165) is 4.47 Å². The molecule has 1 aliphatic rings. The van der Waals surface area contributed by atoms with Gasteiger partial charge in [-0.2, -0.15) is 0 Å². The summed E-state index contributed by atoms with van der Waals surface area (Å²) in [6, 6.07) is 12.7. The Kier molecular flexibility index (Phi) is 4.92. The molecule has 1 saturated heterocycles. The summed E-state index contributed by atoms with van der Waals surface area (Å²) in [6.45, 7) is 0. The smallest absolute Gasteiger partial charge is 0.276 e. The van der Waals surface area contributed by atoms with Gasteiger partial charge in [-0.05, 0) is 42.6 Å². The molecule has 1 fully saturated rings. The fraction of sp³-hybridized carbons (Fsp3) is 0. The summed E-state index contributed by atoms with van der Waals surface area (Å²) >= 11 is 8.43. The highest BCUT2D eigenvalue weighted by Gasteiger charge is 2.35. The van der Waals surface area contributed by atoms with Gasteiger partial charge < -0.3 is 0 Å². The summed E-state index contributed by atoms with van der Waals surface area (Å²) in [5, 5.41) is 13.5. The van der Waals surface area contributed by atoms with Gasteiger partial charge in [-0.25, -0.2) is 0 Å². The molecule has 1 heterocycles. The summed E-state index contributed by atoms with van der Waals surface area (Å²) in [7, 11) is 0. The highest BCUT2D eigenvalue weighted by molar-refractivity contribution is 9.10. The van der Waals surface area contributed by atoms with Crippen LogP contribution in [0.15, 0.2) is 58.6 Å². The minimum Gasteiger partial charge on any atom is -0.298 e. The van der Waals surface area contributed by atoms with Gasteiger partial charge >= 0.3 is 0 Å². The van der Waals surface area contributed by atoms with Crippen molar-refractivity contribution in [3.8, 4) is 0 Å². The maximum atomic E-state index is 12.9. The molecule has 2 amide bonds. The first kappa shape index (κ1) is 17.9. The first-order valence-electron chi connectivity index (χ1n) is 7.29. The maximum absolute atomic E-state index is 12.9. The number of thiocarbonyl (C=S) groups is 1. The molecule has 0 aromatic heterocycles. The molecule has 0 bridgehead atoms. The Bertz CT molecular complexity index is 989. The van der Waals surface area contributed by atoms with Gasteiger partial charge in [-0.3, -0.25) is 29.9 Å². The standard InChI is InChI=1S/C17H10BrN3O4S/c18-11-5-3-6-12(9-11)20-16(23)13(15(22)19-17(20)26)8-10-4-1-2-7-14(10)21(24)25/h1-9H,(H,19,22,26)/b13-8+. The van der Waals surface area contributed by atoms with Crippen molar-refractivity contribution in [2.75, 3.05) is 4.90 Å². The highest BCUT2D eigenvalue weighted by atomic mass is 79.9. The van der Waals surface area contributed by atoms with E-state index in [1.54, 1.807) is 30.3 Å². The van der Waals surface area contributed by atoms with E-state index in [-0.39, 0.29) is 21.9 Å². The van der Waals surface area contributed by atoms with Crippen molar-refractivity contribution < 1.29 is 14.5 Å². The van der Waals surface area contributed by atoms with E-state index < -0.39 is 16.7 Å². The van der Waals surface area contributed by atoms with Crippen LogP contribution in [0.2, 0.25) is 0 Å². The van der Waals surface area contributed by atoms with Crippen LogP contribution >= 0.6 is 28.1 Å². The lowest BCUT2D eigenvalue weighted by Gasteiger charge is -2.29. The molecule has 0 unspecified atom stereocenters. The number of anilines is 1. The van der Waals surface area contributed by atoms with Crippen LogP contribution in [0, 0.1) is 10.1 Å². The number of amides is 2. The largest absolute Gasteiger partial charge is 0.298 e. The van der Waals surface area contributed by atoms with E-state index in [2.05, 4.69) is 21.2 Å². The molecular formula is C17H10BrN3O4S. The van der Waals surface area contributed by atoms with Gasteiger partial charge in [-0.15, -0.1) is 0 Å². The average molecular weight is 432 g/mol. The Labute approximate surface area is 161 Å². The monoisotopic (exact) mass is 431 g/mol. The van der Waals surface area contributed by atoms with Gasteiger partial charge in [0, 0.05) is 10.5 Å². The third-order valence-corrected chi connectivity index (χ3v) is 4.38. The molecule has 1 N–H and O–H groups in total. The molecule has 9 heteroatoms. The Morgan fingerprint density at radius 2 is 1.88 bits per heavy atom. The Hall–Kier alpha value is -2.91. The summed E-state index contributed by atoms with van der Waals surface area (Å²) in [4.78, 5) is 36.9. The number of para-hydroxylation sites is 1. The number of halogens is 1. The summed E-state index contributed by atoms with van der Waals surface area (Å²) in [6.07, 6.45) is 1.20. The first-order valence-corrected chi connectivity index (χ1v) is 8.49. The van der Waals surface area contributed by atoms with Crippen molar-refractivity contribution in [1.82, 2.24) is 5.32 Å². The summed E-state index contributed by atoms with van der Waals surface area (Å²) in [5.41, 5.74) is 0.163. The van der Waals surface area contributed by atoms with Crippen molar-refractivity contribution >= 4 is 62.5 Å². The van der Waals surface area contributed by atoms with E-state index in [9.17, 15) is 19.7 Å². The van der Waals surface area contributed by atoms with Crippen LogP contribution in [0.5, 0.6) is 0 Å². The molecule has 0 atom stereocenters. The molecule has 0 aliphatic carbocycles. The van der Waals surface area contributed by atoms with Crippen LogP contribution in [-0.4, -0.2) is 21.9 Å². The Balaban J connectivity index is 2.08. The number of hydrogen-bond acceptors (Lipinski definition) is 5. The van der Waals surface area contributed by atoms with Gasteiger partial charge in [-0.1, -0.05) is 34.1 Å². The molecular weight excluding hydrogens is 422 g/mol. The minimum atomic E-state index is -0.704. The Morgan fingerprint density at radius 1 is 1.15 bits per heavy atom. The average Bonchev–Trinajstić information content (AvgIpc) is 2.58. The van der Waals surface area contributed by atoms with E-state index in [0.29, 0.717) is 5.69 Å². The zero-order valence-corrected chi connectivity index (χ0v) is 15.4. The lowest BCUT2D eigenvalue weighted by atomic mass is 10.1. The second-order valence-corrected chi connectivity index (χ2v) is 6.56. The number of hydrogen-bond donors (Lipinski definition) is 1. The van der Waals surface area contributed by atoms with Gasteiger partial charge in [0.2, 0.25) is 0 Å². The zero-order valence-electron chi connectivity index (χ0n) is 13.0. The molecule has 7 nitrogen and oxygen atoms in total. The molecule has 0 radical (unpaired) electrons. The number of nitro groups is 1. The number of nitrogens with zero attached hydrogens (tertiary/aromatic N) is 2. The van der Waals surface area contributed by atoms with Crippen LogP contribution in [0.3, 0.4) is 0 Å². The van der Waals surface area contributed by atoms with E-state index in [1.807, 2.05) is 0 Å². The van der Waals surface area contributed by atoms with Crippen molar-refractivity contribution in [2.24, 2.45) is 0 Å². The van der Waals surface area contributed by atoms with E-state index >= 15 is 0 Å². The van der Waals surface area contributed by atoms with Crippen molar-refractivity contribution in [3.05, 3.63) is 74.3 Å². The fourth-order valence-corrected chi connectivity index (χ4v) is 3.11. The van der Waals surface area contributed by atoms with Crippen LogP contribution in [0.1, 0.15) is 5.56 Å². The summed E-state index contributed by atoms with van der Waals surface area (Å²) < 4.78 is 0.728. The molecule has 0 spiro atoms. The van der Waals surface area contributed by atoms with Gasteiger partial charge in [0.25, 0.3) is 17.5 Å². The van der Waals surface area contributed by atoms with Crippen LogP contribution in [0.25, 0.3) is 6.08 Å². The lowest BCUT2D eigenvalue weighted by Crippen LogP contribution is -2.54. The normalized spacial score (nSPS) is 16.0. The number of carbonyl (C=O) groups is 2. The van der Waals surface area contributed by atoms with Gasteiger partial charge in [0.1, 0.15) is 5.57 Å². The second kappa shape index (κ2) is 7.14. The van der Waals surface area contributed by atoms with Crippen molar-refractivity contribution in [2.45, 2.75) is 0 Å². The third-order valence-electron chi connectivity index (χ3n) is 3.60. The highest BCUT2D eigenvalue weighted by Crippen LogP contribution is 2.26. The maximum Gasteiger partial charge on any atom is 0.276 e. The number of nitrogens with one attached hydrogen (secondary N) is 1. The van der Waals surface area contributed by atoms with Gasteiger partial charge in [0.05, 0.1) is 16.2 Å². The van der Waals surface area contributed by atoms with Crippen LogP contribution in [0.4, 0.5) is 11.4 Å². The Morgan fingerprint density at radius 3 is 2.58 bits per heavy atom. The summed E-state index contributed by atoms with van der Waals surface area (Å²) in [5.74, 6) is -1.36. The quantitative estimate of drug-likeness (QED) is 0.265. The van der Waals surface area contributed by atoms with Crippen molar-refractivity contribution in [3.63, 3.8) is 0 Å². The second-order valence-electron chi connectivity index (χ2n) is 5.25. The SMILES string of the molecule is O=C1NC(=S)N(c2cccc(Br)c2)C(=O)/C1=C/c1ccccc1[N+](=O)[O-]. The van der Waals surface area contributed by atoms with Gasteiger partial charge in [0.15, 0.2) is 5.11 Å². The number of nitro benzene ring substituents is 1. The predicted molar refractivity (Wildman–Crippen MR) is 103 cm³/mol. The van der Waals surface area contributed by atoms with Crippen LogP contribution in [-0.2, 0) is 9.59 Å². The molecule has 26 heavy (non-hydrogen) atoms. The first-order chi connectivity index (χ1) is 12.4.